The number of carbonyl (C=O) groups is 1. The molecule has 0 radical (unpaired) electrons. The molecule has 31 heavy (non-hydrogen) atoms. The van der Waals surface area contributed by atoms with Crippen molar-refractivity contribution >= 4 is 11.7 Å². The molecule has 4 rings (SSSR count). The smallest absolute Gasteiger partial charge is 0.322 e. The fraction of sp³-hybridized carbons (Fsp3) is 0.458. The largest absolute Gasteiger partial charge is 0.489 e. The van der Waals surface area contributed by atoms with Crippen molar-refractivity contribution in [2.24, 2.45) is 0 Å². The lowest BCUT2D eigenvalue weighted by atomic mass is 10.2. The molecular formula is C24H29FN2O4. The van der Waals surface area contributed by atoms with Crippen LogP contribution in [0.15, 0.2) is 48.5 Å². The Morgan fingerprint density at radius 2 is 1.74 bits per heavy atom. The van der Waals surface area contributed by atoms with Crippen molar-refractivity contribution in [2.75, 3.05) is 31.6 Å². The number of hydrogen-bond donors (Lipinski definition) is 1. The van der Waals surface area contributed by atoms with Crippen LogP contribution in [0.4, 0.5) is 14.9 Å². The summed E-state index contributed by atoms with van der Waals surface area (Å²) in [4.78, 5) is 14.8. The van der Waals surface area contributed by atoms with E-state index < -0.39 is 0 Å². The van der Waals surface area contributed by atoms with Gasteiger partial charge in [0, 0.05) is 38.1 Å². The summed E-state index contributed by atoms with van der Waals surface area (Å²) in [5.74, 6) is 0.312. The van der Waals surface area contributed by atoms with E-state index >= 15 is 0 Å². The van der Waals surface area contributed by atoms with Gasteiger partial charge in [0.05, 0.1) is 12.2 Å². The van der Waals surface area contributed by atoms with Gasteiger partial charge in [-0.25, -0.2) is 9.18 Å². The van der Waals surface area contributed by atoms with Crippen molar-refractivity contribution in [3.05, 3.63) is 59.9 Å². The van der Waals surface area contributed by atoms with Gasteiger partial charge in [0.1, 0.15) is 18.2 Å². The highest BCUT2D eigenvalue weighted by Crippen LogP contribution is 2.21. The van der Waals surface area contributed by atoms with Crippen LogP contribution in [0, 0.1) is 5.82 Å². The molecule has 6 nitrogen and oxygen atoms in total. The van der Waals surface area contributed by atoms with Crippen LogP contribution in [-0.4, -0.2) is 49.4 Å². The zero-order chi connectivity index (χ0) is 21.5. The highest BCUT2D eigenvalue weighted by Gasteiger charge is 2.27. The summed E-state index contributed by atoms with van der Waals surface area (Å²) in [6, 6.07) is 13.4. The molecule has 2 atom stereocenters. The summed E-state index contributed by atoms with van der Waals surface area (Å²) in [5.41, 5.74) is 1.39. The maximum atomic E-state index is 13.3. The van der Waals surface area contributed by atoms with Crippen LogP contribution in [-0.2, 0) is 16.1 Å². The summed E-state index contributed by atoms with van der Waals surface area (Å²) in [5, 5.41) is 2.97. The molecule has 2 amide bonds. The maximum absolute atomic E-state index is 13.3. The van der Waals surface area contributed by atoms with E-state index in [2.05, 4.69) is 5.32 Å². The molecule has 0 saturated carbocycles. The van der Waals surface area contributed by atoms with Crippen molar-refractivity contribution in [1.82, 2.24) is 4.90 Å². The minimum absolute atomic E-state index is 0.0769. The van der Waals surface area contributed by atoms with Crippen LogP contribution in [0.2, 0.25) is 0 Å². The number of amides is 2. The fourth-order valence-electron chi connectivity index (χ4n) is 3.97. The maximum Gasteiger partial charge on any atom is 0.322 e. The molecule has 2 heterocycles. The second-order valence-electron chi connectivity index (χ2n) is 8.05. The van der Waals surface area contributed by atoms with Gasteiger partial charge in [0.2, 0.25) is 0 Å². The Morgan fingerprint density at radius 3 is 2.39 bits per heavy atom. The zero-order valence-corrected chi connectivity index (χ0v) is 17.6. The summed E-state index contributed by atoms with van der Waals surface area (Å²) in [6.45, 7) is 2.87. The number of rotatable bonds is 8. The first kappa shape index (κ1) is 21.6. The Morgan fingerprint density at radius 1 is 1.03 bits per heavy atom. The highest BCUT2D eigenvalue weighted by molar-refractivity contribution is 5.89. The number of benzene rings is 2. The number of urea groups is 1. The summed E-state index contributed by atoms with van der Waals surface area (Å²) in [6.07, 6.45) is 4.16. The predicted molar refractivity (Wildman–Crippen MR) is 116 cm³/mol. The fourth-order valence-corrected chi connectivity index (χ4v) is 3.97. The topological polar surface area (TPSA) is 60.0 Å². The molecule has 0 unspecified atom stereocenters. The van der Waals surface area contributed by atoms with Crippen LogP contribution in [0.25, 0.3) is 0 Å². The zero-order valence-electron chi connectivity index (χ0n) is 17.6. The highest BCUT2D eigenvalue weighted by atomic mass is 19.1. The standard InChI is InChI=1S/C24H29FN2O4/c25-19-6-1-5-18(13-19)17-31-21-8-2-7-20(14-21)26-24(28)27(15-22-9-3-11-29-22)16-23-10-4-12-30-23/h1-2,5-8,13-14,22-23H,3-4,9-12,15-17H2,(H,26,28)/t22-,23-/m1/s1. The molecule has 1 N–H and O–H groups in total. The minimum atomic E-state index is -0.292. The lowest BCUT2D eigenvalue weighted by Crippen LogP contribution is -2.44. The van der Waals surface area contributed by atoms with E-state index in [1.807, 2.05) is 24.3 Å². The molecule has 0 bridgehead atoms. The van der Waals surface area contributed by atoms with Crippen LogP contribution in [0.3, 0.4) is 0 Å². The summed E-state index contributed by atoms with van der Waals surface area (Å²) < 4.78 is 30.6. The monoisotopic (exact) mass is 428 g/mol. The average Bonchev–Trinajstić information content (AvgIpc) is 3.46. The first-order chi connectivity index (χ1) is 15.2. The summed E-state index contributed by atoms with van der Waals surface area (Å²) in [7, 11) is 0. The molecule has 2 fully saturated rings. The van der Waals surface area contributed by atoms with Gasteiger partial charge in [-0.2, -0.15) is 0 Å². The number of ether oxygens (including phenoxy) is 3. The number of carbonyl (C=O) groups excluding carboxylic acids is 1. The van der Waals surface area contributed by atoms with Crippen LogP contribution in [0.1, 0.15) is 31.2 Å². The van der Waals surface area contributed by atoms with Crippen molar-refractivity contribution in [3.63, 3.8) is 0 Å². The Kier molecular flexibility index (Phi) is 7.38. The number of anilines is 1. The van der Waals surface area contributed by atoms with Crippen molar-refractivity contribution in [3.8, 4) is 5.75 Å². The van der Waals surface area contributed by atoms with Crippen LogP contribution >= 0.6 is 0 Å². The van der Waals surface area contributed by atoms with Gasteiger partial charge in [-0.1, -0.05) is 18.2 Å². The van der Waals surface area contributed by atoms with E-state index in [-0.39, 0.29) is 30.7 Å². The molecule has 0 aliphatic carbocycles. The first-order valence-corrected chi connectivity index (χ1v) is 10.9. The molecule has 2 saturated heterocycles. The second kappa shape index (κ2) is 10.6. The Hall–Kier alpha value is -2.64. The number of halogens is 1. The number of nitrogens with zero attached hydrogens (tertiary/aromatic N) is 1. The van der Waals surface area contributed by atoms with E-state index in [9.17, 15) is 9.18 Å². The number of hydrogen-bond acceptors (Lipinski definition) is 4. The molecule has 2 aliphatic rings. The van der Waals surface area contributed by atoms with Crippen molar-refractivity contribution < 1.29 is 23.4 Å². The molecule has 2 aromatic carbocycles. The van der Waals surface area contributed by atoms with E-state index in [0.717, 1.165) is 44.5 Å². The third-order valence-corrected chi connectivity index (χ3v) is 5.56. The van der Waals surface area contributed by atoms with Crippen molar-refractivity contribution in [2.45, 2.75) is 44.5 Å². The van der Waals surface area contributed by atoms with Crippen molar-refractivity contribution in [1.29, 1.82) is 0 Å². The molecule has 2 aliphatic heterocycles. The van der Waals surface area contributed by atoms with Crippen LogP contribution < -0.4 is 10.1 Å². The Bertz CT molecular complexity index is 848. The molecule has 2 aromatic rings. The van der Waals surface area contributed by atoms with Gasteiger partial charge in [-0.15, -0.1) is 0 Å². The van der Waals surface area contributed by atoms with Gasteiger partial charge in [-0.3, -0.25) is 0 Å². The second-order valence-corrected chi connectivity index (χ2v) is 8.05. The lowest BCUT2D eigenvalue weighted by molar-refractivity contribution is 0.0524. The Labute approximate surface area is 182 Å². The SMILES string of the molecule is O=C(Nc1cccc(OCc2cccc(F)c2)c1)N(C[C@H]1CCCO1)C[C@H]1CCCO1. The van der Waals surface area contributed by atoms with Gasteiger partial charge in [0.15, 0.2) is 0 Å². The van der Waals surface area contributed by atoms with Gasteiger partial charge in [0.25, 0.3) is 0 Å². The van der Waals surface area contributed by atoms with E-state index in [1.54, 1.807) is 17.0 Å². The predicted octanol–water partition coefficient (Wildman–Crippen LogP) is 4.60. The third kappa shape index (κ3) is 6.42. The Balaban J connectivity index is 1.37. The van der Waals surface area contributed by atoms with Crippen LogP contribution in [0.5, 0.6) is 5.75 Å². The number of nitrogens with one attached hydrogen (secondary N) is 1. The molecule has 0 spiro atoms. The quantitative estimate of drug-likeness (QED) is 0.668. The van der Waals surface area contributed by atoms with E-state index in [4.69, 9.17) is 14.2 Å². The summed E-state index contributed by atoms with van der Waals surface area (Å²) >= 11 is 0. The van der Waals surface area contributed by atoms with Gasteiger partial charge >= 0.3 is 6.03 Å². The van der Waals surface area contributed by atoms with Gasteiger partial charge < -0.3 is 24.4 Å². The first-order valence-electron chi connectivity index (χ1n) is 10.9. The third-order valence-electron chi connectivity index (χ3n) is 5.56. The van der Waals surface area contributed by atoms with Gasteiger partial charge in [-0.05, 0) is 55.5 Å². The normalized spacial score (nSPS) is 20.5. The molecule has 0 aromatic heterocycles. The molecular weight excluding hydrogens is 399 g/mol. The van der Waals surface area contributed by atoms with E-state index in [0.29, 0.717) is 24.5 Å². The average molecular weight is 429 g/mol. The molecule has 166 valence electrons. The molecule has 7 heteroatoms. The van der Waals surface area contributed by atoms with E-state index in [1.165, 1.54) is 12.1 Å². The lowest BCUT2D eigenvalue weighted by Gasteiger charge is -2.28. The minimum Gasteiger partial charge on any atom is -0.489 e.